The van der Waals surface area contributed by atoms with Crippen molar-refractivity contribution in [2.24, 2.45) is 10.2 Å². The zero-order chi connectivity index (χ0) is 15.2. The molecule has 8 nitrogen and oxygen atoms in total. The van der Waals surface area contributed by atoms with E-state index in [-0.39, 0.29) is 24.5 Å². The van der Waals surface area contributed by atoms with Crippen molar-refractivity contribution in [2.45, 2.75) is 12.8 Å². The SMILES string of the molecule is COc1cccc(/C=N\NC(=O)CC2=NNC(=O)C2)c1O. The zero-order valence-corrected chi connectivity index (χ0v) is 11.3. The van der Waals surface area contributed by atoms with Gasteiger partial charge in [-0.3, -0.25) is 9.59 Å². The number of para-hydroxylation sites is 1. The number of hydrazone groups is 2. The van der Waals surface area contributed by atoms with E-state index in [0.29, 0.717) is 17.0 Å². The summed E-state index contributed by atoms with van der Waals surface area (Å²) >= 11 is 0. The Hall–Kier alpha value is -2.90. The molecule has 1 heterocycles. The molecule has 2 rings (SSSR count). The van der Waals surface area contributed by atoms with Gasteiger partial charge in [0.2, 0.25) is 11.8 Å². The highest BCUT2D eigenvalue weighted by atomic mass is 16.5. The van der Waals surface area contributed by atoms with Crippen LogP contribution < -0.4 is 15.6 Å². The van der Waals surface area contributed by atoms with Gasteiger partial charge in [0.1, 0.15) is 0 Å². The van der Waals surface area contributed by atoms with Gasteiger partial charge in [0.15, 0.2) is 11.5 Å². The molecule has 110 valence electrons. The minimum Gasteiger partial charge on any atom is -0.504 e. The Morgan fingerprint density at radius 1 is 1.62 bits per heavy atom. The Labute approximate surface area is 120 Å². The topological polar surface area (TPSA) is 112 Å². The number of carbonyl (C=O) groups excluding carboxylic acids is 2. The number of benzene rings is 1. The van der Waals surface area contributed by atoms with Crippen molar-refractivity contribution >= 4 is 23.7 Å². The van der Waals surface area contributed by atoms with E-state index < -0.39 is 5.91 Å². The average Bonchev–Trinajstić information content (AvgIpc) is 2.86. The van der Waals surface area contributed by atoms with E-state index in [9.17, 15) is 14.7 Å². The van der Waals surface area contributed by atoms with Crippen LogP contribution in [0.4, 0.5) is 0 Å². The Balaban J connectivity index is 1.90. The fourth-order valence-corrected chi connectivity index (χ4v) is 1.71. The van der Waals surface area contributed by atoms with Crippen LogP contribution in [0.5, 0.6) is 11.5 Å². The summed E-state index contributed by atoms with van der Waals surface area (Å²) in [5.41, 5.74) is 5.42. The van der Waals surface area contributed by atoms with Crippen LogP contribution in [0.15, 0.2) is 28.4 Å². The van der Waals surface area contributed by atoms with Crippen molar-refractivity contribution < 1.29 is 19.4 Å². The van der Waals surface area contributed by atoms with Gasteiger partial charge in [0.25, 0.3) is 0 Å². The summed E-state index contributed by atoms with van der Waals surface area (Å²) in [7, 11) is 1.44. The standard InChI is InChI=1S/C13H14N4O4/c1-21-10-4-2-3-8(13(10)20)7-14-16-11(18)5-9-6-12(19)17-15-9/h2-4,7,20H,5-6H2,1H3,(H,16,18)(H,17,19)/b14-7-. The number of ether oxygens (including phenoxy) is 1. The lowest BCUT2D eigenvalue weighted by Gasteiger charge is -2.04. The number of nitrogens with one attached hydrogen (secondary N) is 2. The number of hydrogen-bond acceptors (Lipinski definition) is 6. The van der Waals surface area contributed by atoms with Gasteiger partial charge in [-0.1, -0.05) is 6.07 Å². The summed E-state index contributed by atoms with van der Waals surface area (Å²) in [6.07, 6.45) is 1.41. The summed E-state index contributed by atoms with van der Waals surface area (Å²) in [5, 5.41) is 17.3. The smallest absolute Gasteiger partial charge is 0.245 e. The summed E-state index contributed by atoms with van der Waals surface area (Å²) in [4.78, 5) is 22.5. The van der Waals surface area contributed by atoms with Crippen LogP contribution in [0.3, 0.4) is 0 Å². The second kappa shape index (κ2) is 6.51. The first-order valence-electron chi connectivity index (χ1n) is 6.12. The molecule has 3 N–H and O–H groups in total. The van der Waals surface area contributed by atoms with Gasteiger partial charge in [0, 0.05) is 5.56 Å². The normalized spacial score (nSPS) is 14.0. The molecule has 1 aliphatic heterocycles. The number of phenols is 1. The van der Waals surface area contributed by atoms with Gasteiger partial charge in [-0.05, 0) is 12.1 Å². The third-order valence-electron chi connectivity index (χ3n) is 2.71. The first kappa shape index (κ1) is 14.5. The molecule has 0 atom stereocenters. The summed E-state index contributed by atoms with van der Waals surface area (Å²) in [6, 6.07) is 4.91. The molecule has 8 heteroatoms. The predicted molar refractivity (Wildman–Crippen MR) is 75.2 cm³/mol. The number of nitrogens with zero attached hydrogens (tertiary/aromatic N) is 2. The minimum atomic E-state index is -0.399. The third kappa shape index (κ3) is 3.78. The lowest BCUT2D eigenvalue weighted by Crippen LogP contribution is -2.20. The van der Waals surface area contributed by atoms with E-state index in [1.807, 2.05) is 0 Å². The third-order valence-corrected chi connectivity index (χ3v) is 2.71. The number of methoxy groups -OCH3 is 1. The molecule has 21 heavy (non-hydrogen) atoms. The van der Waals surface area contributed by atoms with Crippen LogP contribution >= 0.6 is 0 Å². The van der Waals surface area contributed by atoms with Crippen molar-refractivity contribution in [1.29, 1.82) is 0 Å². The van der Waals surface area contributed by atoms with Crippen LogP contribution in [-0.2, 0) is 9.59 Å². The molecular weight excluding hydrogens is 276 g/mol. The molecule has 0 saturated carbocycles. The second-order valence-electron chi connectivity index (χ2n) is 4.26. The summed E-state index contributed by atoms with van der Waals surface area (Å²) in [6.45, 7) is 0. The van der Waals surface area contributed by atoms with Crippen molar-refractivity contribution in [3.63, 3.8) is 0 Å². The molecule has 0 aromatic heterocycles. The highest BCUT2D eigenvalue weighted by Crippen LogP contribution is 2.27. The van der Waals surface area contributed by atoms with Gasteiger partial charge >= 0.3 is 0 Å². The van der Waals surface area contributed by atoms with Crippen molar-refractivity contribution in [3.05, 3.63) is 23.8 Å². The molecule has 1 aromatic rings. The Kier molecular flexibility index (Phi) is 4.50. The lowest BCUT2D eigenvalue weighted by atomic mass is 10.2. The van der Waals surface area contributed by atoms with E-state index in [1.54, 1.807) is 18.2 Å². The van der Waals surface area contributed by atoms with E-state index in [2.05, 4.69) is 21.1 Å². The summed E-state index contributed by atoms with van der Waals surface area (Å²) < 4.78 is 4.96. The maximum Gasteiger partial charge on any atom is 0.245 e. The zero-order valence-electron chi connectivity index (χ0n) is 11.3. The molecule has 0 radical (unpaired) electrons. The highest BCUT2D eigenvalue weighted by Gasteiger charge is 2.17. The van der Waals surface area contributed by atoms with Crippen LogP contribution in [0.1, 0.15) is 18.4 Å². The number of hydrogen-bond donors (Lipinski definition) is 3. The fraction of sp³-hybridized carbons (Fsp3) is 0.231. The molecule has 0 spiro atoms. The first-order valence-corrected chi connectivity index (χ1v) is 6.12. The van der Waals surface area contributed by atoms with Gasteiger partial charge < -0.3 is 9.84 Å². The fourth-order valence-electron chi connectivity index (χ4n) is 1.71. The van der Waals surface area contributed by atoms with Crippen molar-refractivity contribution in [2.75, 3.05) is 7.11 Å². The number of amides is 2. The Morgan fingerprint density at radius 2 is 2.43 bits per heavy atom. The van der Waals surface area contributed by atoms with Crippen LogP contribution in [0.2, 0.25) is 0 Å². The molecule has 0 saturated heterocycles. The number of phenolic OH excluding ortho intramolecular Hbond substituents is 1. The summed E-state index contributed by atoms with van der Waals surface area (Å²) in [5.74, 6) is -0.380. The quantitative estimate of drug-likeness (QED) is 0.528. The molecule has 0 unspecified atom stereocenters. The predicted octanol–water partition coefficient (Wildman–Crippen LogP) is 0.117. The van der Waals surface area contributed by atoms with Gasteiger partial charge in [-0.25, -0.2) is 10.9 Å². The van der Waals surface area contributed by atoms with Gasteiger partial charge in [-0.15, -0.1) is 0 Å². The molecular formula is C13H14N4O4. The molecule has 0 bridgehead atoms. The van der Waals surface area contributed by atoms with Gasteiger partial charge in [-0.2, -0.15) is 10.2 Å². The number of carbonyl (C=O) groups is 2. The largest absolute Gasteiger partial charge is 0.504 e. The van der Waals surface area contributed by atoms with E-state index in [1.165, 1.54) is 13.3 Å². The first-order chi connectivity index (χ1) is 10.1. The van der Waals surface area contributed by atoms with E-state index in [4.69, 9.17) is 4.74 Å². The lowest BCUT2D eigenvalue weighted by molar-refractivity contribution is -0.119. The second-order valence-corrected chi connectivity index (χ2v) is 4.26. The van der Waals surface area contributed by atoms with Crippen LogP contribution in [0.25, 0.3) is 0 Å². The average molecular weight is 290 g/mol. The van der Waals surface area contributed by atoms with Crippen molar-refractivity contribution in [3.8, 4) is 11.5 Å². The molecule has 1 aromatic carbocycles. The highest BCUT2D eigenvalue weighted by molar-refractivity contribution is 6.11. The molecule has 2 amide bonds. The van der Waals surface area contributed by atoms with Crippen LogP contribution in [-0.4, -0.2) is 36.0 Å². The van der Waals surface area contributed by atoms with E-state index in [0.717, 1.165) is 0 Å². The number of aromatic hydroxyl groups is 1. The Bertz CT molecular complexity index is 625. The van der Waals surface area contributed by atoms with E-state index >= 15 is 0 Å². The number of rotatable bonds is 5. The van der Waals surface area contributed by atoms with Crippen LogP contribution in [0, 0.1) is 0 Å². The molecule has 1 aliphatic rings. The van der Waals surface area contributed by atoms with Crippen molar-refractivity contribution in [1.82, 2.24) is 10.9 Å². The minimum absolute atomic E-state index is 0.0137. The molecule has 0 aliphatic carbocycles. The maximum absolute atomic E-state index is 11.6. The van der Waals surface area contributed by atoms with Gasteiger partial charge in [0.05, 0.1) is 31.9 Å². The maximum atomic E-state index is 11.6. The molecule has 0 fully saturated rings. The monoisotopic (exact) mass is 290 g/mol. The Morgan fingerprint density at radius 3 is 3.10 bits per heavy atom.